The largest absolute Gasteiger partial charge is 0.503 e. The molecule has 1 aromatic rings. The average Bonchev–Trinajstić information content (AvgIpc) is 2.27. The van der Waals surface area contributed by atoms with Crippen LogP contribution >= 0.6 is 0 Å². The standard InChI is InChI=1S/C8H6O4.2CH2O3/c9-7(10)5-1-2-6(4-3-5)8(11)12;2*2-1(3)4/h1-4H,(H,9,10)(H,11,12);2*(H2,2,3,4). The number of hydrogen-bond acceptors (Lipinski definition) is 4. The normalized spacial score (nSPS) is 8.00. The fraction of sp³-hybridized carbons (Fsp3) is 0. The highest BCUT2D eigenvalue weighted by Crippen LogP contribution is 2.03. The number of hydrogen-bond donors (Lipinski definition) is 6. The first-order valence-electron chi connectivity index (χ1n) is 4.48. The molecule has 0 atom stereocenters. The maximum atomic E-state index is 10.3. The first-order valence-corrected chi connectivity index (χ1v) is 4.48. The monoisotopic (exact) mass is 290 g/mol. The van der Waals surface area contributed by atoms with E-state index in [1.54, 1.807) is 0 Å². The van der Waals surface area contributed by atoms with Crippen LogP contribution in [0.5, 0.6) is 0 Å². The van der Waals surface area contributed by atoms with E-state index < -0.39 is 24.2 Å². The Morgan fingerprint density at radius 3 is 0.800 bits per heavy atom. The minimum Gasteiger partial charge on any atom is -0.478 e. The molecule has 20 heavy (non-hydrogen) atoms. The lowest BCUT2D eigenvalue weighted by atomic mass is 10.1. The van der Waals surface area contributed by atoms with Gasteiger partial charge in [-0.1, -0.05) is 0 Å². The maximum absolute atomic E-state index is 10.3. The van der Waals surface area contributed by atoms with E-state index in [1.807, 2.05) is 0 Å². The molecule has 0 saturated carbocycles. The van der Waals surface area contributed by atoms with Crippen LogP contribution in [-0.2, 0) is 0 Å². The van der Waals surface area contributed by atoms with Gasteiger partial charge in [0, 0.05) is 0 Å². The number of carboxylic acids is 2. The number of benzene rings is 1. The summed E-state index contributed by atoms with van der Waals surface area (Å²) in [5, 5.41) is 44.8. The Morgan fingerprint density at radius 1 is 0.550 bits per heavy atom. The van der Waals surface area contributed by atoms with Gasteiger partial charge in [0.1, 0.15) is 0 Å². The maximum Gasteiger partial charge on any atom is 0.503 e. The molecule has 0 heterocycles. The second kappa shape index (κ2) is 9.70. The summed E-state index contributed by atoms with van der Waals surface area (Å²) >= 11 is 0. The van der Waals surface area contributed by atoms with Gasteiger partial charge >= 0.3 is 24.2 Å². The Morgan fingerprint density at radius 2 is 0.700 bits per heavy atom. The third-order valence-corrected chi connectivity index (χ3v) is 1.38. The highest BCUT2D eigenvalue weighted by Gasteiger charge is 2.04. The van der Waals surface area contributed by atoms with Crippen molar-refractivity contribution in [2.24, 2.45) is 0 Å². The molecule has 0 bridgehead atoms. The van der Waals surface area contributed by atoms with Gasteiger partial charge in [-0.25, -0.2) is 19.2 Å². The second-order valence-corrected chi connectivity index (χ2v) is 2.75. The van der Waals surface area contributed by atoms with Crippen LogP contribution in [0.1, 0.15) is 20.7 Å². The van der Waals surface area contributed by atoms with E-state index in [0.717, 1.165) is 0 Å². The zero-order valence-corrected chi connectivity index (χ0v) is 9.63. The molecule has 110 valence electrons. The summed E-state index contributed by atoms with van der Waals surface area (Å²) in [5.41, 5.74) is 0.167. The molecule has 0 fully saturated rings. The van der Waals surface area contributed by atoms with Crippen molar-refractivity contribution in [1.29, 1.82) is 0 Å². The van der Waals surface area contributed by atoms with Gasteiger partial charge < -0.3 is 30.6 Å². The van der Waals surface area contributed by atoms with Crippen molar-refractivity contribution < 1.29 is 49.8 Å². The zero-order chi connectivity index (χ0) is 16.3. The molecule has 0 aliphatic carbocycles. The van der Waals surface area contributed by atoms with Gasteiger partial charge in [0.05, 0.1) is 11.1 Å². The molecule has 0 aromatic heterocycles. The van der Waals surface area contributed by atoms with Crippen LogP contribution in [0.2, 0.25) is 0 Å². The second-order valence-electron chi connectivity index (χ2n) is 2.75. The van der Waals surface area contributed by atoms with E-state index >= 15 is 0 Å². The van der Waals surface area contributed by atoms with Crippen molar-refractivity contribution in [2.75, 3.05) is 0 Å². The summed E-state index contributed by atoms with van der Waals surface area (Å²) in [4.78, 5) is 37.8. The van der Waals surface area contributed by atoms with E-state index in [-0.39, 0.29) is 11.1 Å². The molecule has 0 unspecified atom stereocenters. The minimum atomic E-state index is -1.83. The van der Waals surface area contributed by atoms with Crippen molar-refractivity contribution in [3.05, 3.63) is 35.4 Å². The highest BCUT2D eigenvalue weighted by atomic mass is 16.6. The molecular weight excluding hydrogens is 280 g/mol. The van der Waals surface area contributed by atoms with Gasteiger partial charge in [-0.2, -0.15) is 0 Å². The Hall–Kier alpha value is -3.30. The van der Waals surface area contributed by atoms with Crippen molar-refractivity contribution in [1.82, 2.24) is 0 Å². The molecule has 10 nitrogen and oxygen atoms in total. The van der Waals surface area contributed by atoms with E-state index in [0.29, 0.717) is 0 Å². The molecule has 0 radical (unpaired) electrons. The van der Waals surface area contributed by atoms with Crippen molar-refractivity contribution in [3.63, 3.8) is 0 Å². The van der Waals surface area contributed by atoms with E-state index in [9.17, 15) is 9.59 Å². The van der Waals surface area contributed by atoms with Crippen LogP contribution in [-0.4, -0.2) is 54.9 Å². The minimum absolute atomic E-state index is 0.0833. The first-order chi connectivity index (χ1) is 9.07. The number of aromatic carboxylic acids is 2. The Kier molecular flexibility index (Phi) is 9.24. The quantitative estimate of drug-likeness (QED) is 0.465. The lowest BCUT2D eigenvalue weighted by molar-refractivity contribution is 0.0681. The molecule has 1 aromatic carbocycles. The van der Waals surface area contributed by atoms with Gasteiger partial charge in [0.25, 0.3) is 0 Å². The lowest BCUT2D eigenvalue weighted by Crippen LogP contribution is -1.99. The summed E-state index contributed by atoms with van der Waals surface area (Å²) < 4.78 is 0. The van der Waals surface area contributed by atoms with Crippen molar-refractivity contribution in [3.8, 4) is 0 Å². The Balaban J connectivity index is 0. The van der Waals surface area contributed by atoms with Crippen LogP contribution < -0.4 is 0 Å². The lowest BCUT2D eigenvalue weighted by Gasteiger charge is -1.94. The number of carbonyl (C=O) groups is 4. The fourth-order valence-electron chi connectivity index (χ4n) is 0.755. The summed E-state index contributed by atoms with van der Waals surface area (Å²) in [6.07, 6.45) is -3.67. The van der Waals surface area contributed by atoms with Gasteiger partial charge in [0.15, 0.2) is 0 Å². The molecule has 0 amide bonds. The molecule has 6 N–H and O–H groups in total. The Bertz CT molecular complexity index is 422. The third-order valence-electron chi connectivity index (χ3n) is 1.38. The van der Waals surface area contributed by atoms with Crippen LogP contribution in [0.4, 0.5) is 9.59 Å². The van der Waals surface area contributed by atoms with Gasteiger partial charge in [-0.3, -0.25) is 0 Å². The number of carboxylic acid groups (broad SMARTS) is 6. The van der Waals surface area contributed by atoms with E-state index in [1.165, 1.54) is 24.3 Å². The topological polar surface area (TPSA) is 190 Å². The highest BCUT2D eigenvalue weighted by molar-refractivity contribution is 5.91. The van der Waals surface area contributed by atoms with Crippen LogP contribution in [0.25, 0.3) is 0 Å². The molecule has 0 aliphatic heterocycles. The zero-order valence-electron chi connectivity index (χ0n) is 9.63. The molecular formula is C10H10O10. The summed E-state index contributed by atoms with van der Waals surface area (Å²) in [5.74, 6) is -2.13. The number of rotatable bonds is 2. The van der Waals surface area contributed by atoms with E-state index in [4.69, 9.17) is 40.2 Å². The summed E-state index contributed by atoms with van der Waals surface area (Å²) in [7, 11) is 0. The molecule has 10 heteroatoms. The molecule has 0 saturated heterocycles. The Labute approximate surface area is 110 Å². The van der Waals surface area contributed by atoms with Gasteiger partial charge in [-0.15, -0.1) is 0 Å². The average molecular weight is 290 g/mol. The smallest absolute Gasteiger partial charge is 0.478 e. The van der Waals surface area contributed by atoms with Crippen LogP contribution in [0, 0.1) is 0 Å². The SMILES string of the molecule is O=C(O)O.O=C(O)O.O=C(O)c1ccc(C(=O)O)cc1. The fourth-order valence-corrected chi connectivity index (χ4v) is 0.755. The predicted octanol–water partition coefficient (Wildman–Crippen LogP) is 1.53. The van der Waals surface area contributed by atoms with E-state index in [2.05, 4.69) is 0 Å². The van der Waals surface area contributed by atoms with Crippen molar-refractivity contribution >= 4 is 24.2 Å². The van der Waals surface area contributed by atoms with Crippen molar-refractivity contribution in [2.45, 2.75) is 0 Å². The van der Waals surface area contributed by atoms with Crippen LogP contribution in [0.15, 0.2) is 24.3 Å². The molecule has 0 aliphatic rings. The molecule has 0 spiro atoms. The predicted molar refractivity (Wildman–Crippen MR) is 61.7 cm³/mol. The third kappa shape index (κ3) is 12.8. The molecule has 1 rings (SSSR count). The van der Waals surface area contributed by atoms with Crippen LogP contribution in [0.3, 0.4) is 0 Å². The van der Waals surface area contributed by atoms with Gasteiger partial charge in [0.2, 0.25) is 0 Å². The summed E-state index contributed by atoms with van der Waals surface area (Å²) in [6, 6.07) is 5.02. The summed E-state index contributed by atoms with van der Waals surface area (Å²) in [6.45, 7) is 0. The first kappa shape index (κ1) is 19.0. The van der Waals surface area contributed by atoms with Gasteiger partial charge in [-0.05, 0) is 24.3 Å².